The van der Waals surface area contributed by atoms with Crippen molar-refractivity contribution in [2.24, 2.45) is 0 Å². The van der Waals surface area contributed by atoms with E-state index in [4.69, 9.17) is 9.47 Å². The van der Waals surface area contributed by atoms with Crippen LogP contribution in [0.4, 0.5) is 0 Å². The van der Waals surface area contributed by atoms with Gasteiger partial charge in [-0.1, -0.05) is 0 Å². The predicted molar refractivity (Wildman–Crippen MR) is 93.2 cm³/mol. The van der Waals surface area contributed by atoms with E-state index >= 15 is 0 Å². The first kappa shape index (κ1) is 18.6. The molecule has 0 aromatic carbocycles. The fourth-order valence-electron chi connectivity index (χ4n) is 4.08. The van der Waals surface area contributed by atoms with Crippen molar-refractivity contribution in [1.82, 2.24) is 14.7 Å². The van der Waals surface area contributed by atoms with Gasteiger partial charge in [-0.15, -0.1) is 0 Å². The fraction of sp³-hybridized carbons (Fsp3) is 0.889. The lowest BCUT2D eigenvalue weighted by Crippen LogP contribution is -2.58. The lowest BCUT2D eigenvalue weighted by molar-refractivity contribution is -0.150. The second-order valence-corrected chi connectivity index (χ2v) is 7.54. The van der Waals surface area contributed by atoms with E-state index in [1.54, 1.807) is 0 Å². The maximum absolute atomic E-state index is 12.8. The number of hydrogen-bond acceptors (Lipinski definition) is 5. The summed E-state index contributed by atoms with van der Waals surface area (Å²) in [5.74, 6) is 0.285. The van der Waals surface area contributed by atoms with Crippen LogP contribution in [0, 0.1) is 0 Å². The number of rotatable bonds is 3. The van der Waals surface area contributed by atoms with Gasteiger partial charge in [0.05, 0.1) is 18.2 Å². The molecular weight excluding hydrogens is 322 g/mol. The molecule has 7 heteroatoms. The lowest BCUT2D eigenvalue weighted by atomic mass is 10.1. The minimum absolute atomic E-state index is 0.0841. The van der Waals surface area contributed by atoms with Crippen molar-refractivity contribution < 1.29 is 19.1 Å². The Balaban J connectivity index is 1.50. The van der Waals surface area contributed by atoms with Crippen molar-refractivity contribution in [2.45, 2.75) is 58.0 Å². The van der Waals surface area contributed by atoms with Crippen LogP contribution in [0.2, 0.25) is 0 Å². The molecular formula is C18H31N3O4. The maximum Gasteiger partial charge on any atom is 0.251 e. The van der Waals surface area contributed by atoms with Crippen LogP contribution in [-0.2, 0) is 19.1 Å². The second-order valence-electron chi connectivity index (χ2n) is 7.54. The Hall–Kier alpha value is -1.18. The molecule has 0 spiro atoms. The van der Waals surface area contributed by atoms with Crippen molar-refractivity contribution in [2.75, 3.05) is 45.9 Å². The molecule has 3 aliphatic heterocycles. The molecule has 3 aliphatic rings. The van der Waals surface area contributed by atoms with Gasteiger partial charge in [-0.25, -0.2) is 0 Å². The summed E-state index contributed by atoms with van der Waals surface area (Å²) in [5.41, 5.74) is 0. The molecule has 3 saturated heterocycles. The monoisotopic (exact) mass is 353 g/mol. The molecule has 7 nitrogen and oxygen atoms in total. The quantitative estimate of drug-likeness (QED) is 0.732. The number of carbonyl (C=O) groups excluding carboxylic acids is 2. The summed E-state index contributed by atoms with van der Waals surface area (Å²) in [6, 6.07) is -0.155. The summed E-state index contributed by atoms with van der Waals surface area (Å²) in [4.78, 5) is 31.3. The van der Waals surface area contributed by atoms with E-state index < -0.39 is 0 Å². The van der Waals surface area contributed by atoms with Crippen LogP contribution >= 0.6 is 0 Å². The minimum Gasteiger partial charge on any atom is -0.372 e. The highest BCUT2D eigenvalue weighted by Gasteiger charge is 2.35. The van der Waals surface area contributed by atoms with Crippen molar-refractivity contribution in [1.29, 1.82) is 0 Å². The van der Waals surface area contributed by atoms with Crippen LogP contribution in [-0.4, -0.2) is 96.7 Å². The van der Waals surface area contributed by atoms with Gasteiger partial charge in [-0.3, -0.25) is 14.5 Å². The number of piperazine rings is 1. The number of ether oxygens (including phenoxy) is 2. The molecule has 0 bridgehead atoms. The third-order valence-corrected chi connectivity index (χ3v) is 5.47. The summed E-state index contributed by atoms with van der Waals surface area (Å²) in [5, 5.41) is 0. The molecule has 0 radical (unpaired) electrons. The largest absolute Gasteiger partial charge is 0.372 e. The van der Waals surface area contributed by atoms with Crippen LogP contribution in [0.1, 0.15) is 33.6 Å². The summed E-state index contributed by atoms with van der Waals surface area (Å²) >= 11 is 0. The number of amides is 2. The van der Waals surface area contributed by atoms with Gasteiger partial charge >= 0.3 is 0 Å². The first-order chi connectivity index (χ1) is 12.0. The molecule has 3 fully saturated rings. The average Bonchev–Trinajstić information content (AvgIpc) is 3.14. The van der Waals surface area contributed by atoms with Gasteiger partial charge in [-0.05, 0) is 33.6 Å². The van der Waals surface area contributed by atoms with Gasteiger partial charge in [0, 0.05) is 45.9 Å². The summed E-state index contributed by atoms with van der Waals surface area (Å²) in [6.45, 7) is 10.8. The molecule has 0 aromatic rings. The highest BCUT2D eigenvalue weighted by Crippen LogP contribution is 2.18. The van der Waals surface area contributed by atoms with E-state index in [-0.39, 0.29) is 36.2 Å². The smallest absolute Gasteiger partial charge is 0.251 e. The van der Waals surface area contributed by atoms with Crippen LogP contribution in [0.3, 0.4) is 0 Å². The topological polar surface area (TPSA) is 62.3 Å². The Morgan fingerprint density at radius 3 is 2.20 bits per heavy atom. The van der Waals surface area contributed by atoms with Crippen LogP contribution in [0.15, 0.2) is 0 Å². The minimum atomic E-state index is -0.248. The zero-order valence-corrected chi connectivity index (χ0v) is 15.6. The van der Waals surface area contributed by atoms with Gasteiger partial charge in [0.25, 0.3) is 5.91 Å². The molecule has 4 unspecified atom stereocenters. The van der Waals surface area contributed by atoms with E-state index in [9.17, 15) is 9.59 Å². The van der Waals surface area contributed by atoms with Crippen LogP contribution in [0.25, 0.3) is 0 Å². The normalized spacial score (nSPS) is 32.7. The SMILES string of the molecule is CC1CN(C(=O)C(C)N2CCN(C(=O)C3CCCO3)CC2)CC(C)O1. The highest BCUT2D eigenvalue weighted by atomic mass is 16.5. The molecule has 3 rings (SSSR count). The zero-order valence-electron chi connectivity index (χ0n) is 15.6. The molecule has 0 aromatic heterocycles. The van der Waals surface area contributed by atoms with Gasteiger partial charge < -0.3 is 19.3 Å². The summed E-state index contributed by atoms with van der Waals surface area (Å²) in [6.07, 6.45) is 1.73. The average molecular weight is 353 g/mol. The zero-order chi connectivity index (χ0) is 18.0. The van der Waals surface area contributed by atoms with Gasteiger partial charge in [0.15, 0.2) is 0 Å². The van der Waals surface area contributed by atoms with Gasteiger partial charge in [0.2, 0.25) is 5.91 Å². The van der Waals surface area contributed by atoms with E-state index in [2.05, 4.69) is 4.90 Å². The molecule has 0 aliphatic carbocycles. The molecule has 3 heterocycles. The van der Waals surface area contributed by atoms with E-state index in [0.717, 1.165) is 25.9 Å². The second kappa shape index (κ2) is 8.01. The Labute approximate surface area is 150 Å². The standard InChI is InChI=1S/C18H31N3O4/c1-13-11-21(12-14(2)25-13)17(22)15(3)19-6-8-20(9-7-19)18(23)16-5-4-10-24-16/h13-16H,4-12H2,1-3H3. The Morgan fingerprint density at radius 1 is 1.00 bits per heavy atom. The van der Waals surface area contributed by atoms with Crippen molar-refractivity contribution in [3.8, 4) is 0 Å². The van der Waals surface area contributed by atoms with E-state index in [1.165, 1.54) is 0 Å². The summed E-state index contributed by atoms with van der Waals surface area (Å²) in [7, 11) is 0. The van der Waals surface area contributed by atoms with Crippen LogP contribution in [0.5, 0.6) is 0 Å². The molecule has 4 atom stereocenters. The van der Waals surface area contributed by atoms with Crippen molar-refractivity contribution >= 4 is 11.8 Å². The summed E-state index contributed by atoms with van der Waals surface area (Å²) < 4.78 is 11.2. The lowest BCUT2D eigenvalue weighted by Gasteiger charge is -2.41. The first-order valence-corrected chi connectivity index (χ1v) is 9.54. The molecule has 0 saturated carbocycles. The Morgan fingerprint density at radius 2 is 1.64 bits per heavy atom. The highest BCUT2D eigenvalue weighted by molar-refractivity contribution is 5.82. The van der Waals surface area contributed by atoms with Gasteiger partial charge in [-0.2, -0.15) is 0 Å². The maximum atomic E-state index is 12.8. The Kier molecular flexibility index (Phi) is 5.96. The number of carbonyl (C=O) groups is 2. The molecule has 142 valence electrons. The van der Waals surface area contributed by atoms with Gasteiger partial charge in [0.1, 0.15) is 6.10 Å². The van der Waals surface area contributed by atoms with Crippen molar-refractivity contribution in [3.63, 3.8) is 0 Å². The predicted octanol–water partition coefficient (Wildman–Crippen LogP) is 0.334. The molecule has 0 N–H and O–H groups in total. The molecule has 25 heavy (non-hydrogen) atoms. The number of morpholine rings is 1. The number of nitrogens with zero attached hydrogens (tertiary/aromatic N) is 3. The third kappa shape index (κ3) is 4.33. The molecule has 2 amide bonds. The first-order valence-electron chi connectivity index (χ1n) is 9.54. The van der Waals surface area contributed by atoms with Crippen molar-refractivity contribution in [3.05, 3.63) is 0 Å². The van der Waals surface area contributed by atoms with Crippen LogP contribution < -0.4 is 0 Å². The van der Waals surface area contributed by atoms with E-state index in [1.807, 2.05) is 30.6 Å². The number of hydrogen-bond donors (Lipinski definition) is 0. The fourth-order valence-corrected chi connectivity index (χ4v) is 4.08. The Bertz CT molecular complexity index is 477. The van der Waals surface area contributed by atoms with E-state index in [0.29, 0.717) is 32.8 Å². The third-order valence-electron chi connectivity index (χ3n) is 5.47.